The molecule has 0 saturated heterocycles. The van der Waals surface area contributed by atoms with E-state index in [4.69, 9.17) is 22.6 Å². The molecule has 2 aromatic rings. The van der Waals surface area contributed by atoms with Crippen molar-refractivity contribution in [1.82, 2.24) is 0 Å². The molecule has 0 bridgehead atoms. The van der Waals surface area contributed by atoms with Crippen LogP contribution in [0.3, 0.4) is 0 Å². The molecule has 0 spiro atoms. The van der Waals surface area contributed by atoms with E-state index >= 15 is 0 Å². The second-order valence-electron chi connectivity index (χ2n) is 3.76. The molecule has 0 radical (unpaired) electrons. The molecule has 6 heteroatoms. The predicted octanol–water partition coefficient (Wildman–Crippen LogP) is 4.44. The van der Waals surface area contributed by atoms with Gasteiger partial charge in [0.05, 0.1) is 26.4 Å². The number of benzene rings is 2. The molecule has 0 aliphatic rings. The molecular formula is C13H8BrClFN3. The first-order valence-electron chi connectivity index (χ1n) is 5.23. The molecule has 19 heavy (non-hydrogen) atoms. The minimum Gasteiger partial charge on any atom is -0.399 e. The van der Waals surface area contributed by atoms with Gasteiger partial charge in [-0.05, 0) is 46.3 Å². The summed E-state index contributed by atoms with van der Waals surface area (Å²) in [5.74, 6) is -0.558. The lowest BCUT2D eigenvalue weighted by Gasteiger charge is -2.11. The van der Waals surface area contributed by atoms with Gasteiger partial charge < -0.3 is 11.1 Å². The monoisotopic (exact) mass is 339 g/mol. The molecule has 2 aromatic carbocycles. The highest BCUT2D eigenvalue weighted by atomic mass is 79.9. The molecule has 0 aromatic heterocycles. The topological polar surface area (TPSA) is 61.8 Å². The van der Waals surface area contributed by atoms with Gasteiger partial charge in [0, 0.05) is 5.69 Å². The molecule has 0 saturated carbocycles. The third-order valence-electron chi connectivity index (χ3n) is 2.46. The number of rotatable bonds is 2. The normalized spacial score (nSPS) is 10.0. The maximum Gasteiger partial charge on any atom is 0.162 e. The van der Waals surface area contributed by atoms with Crippen LogP contribution >= 0.6 is 27.5 Å². The number of nitrogens with two attached hydrogens (primary N) is 1. The average Bonchev–Trinajstić information content (AvgIpc) is 2.39. The van der Waals surface area contributed by atoms with Crippen LogP contribution in [-0.2, 0) is 0 Å². The van der Waals surface area contributed by atoms with E-state index in [1.54, 1.807) is 18.2 Å². The van der Waals surface area contributed by atoms with Crippen LogP contribution in [0.15, 0.2) is 34.8 Å². The lowest BCUT2D eigenvalue weighted by Crippen LogP contribution is -1.97. The second-order valence-corrected chi connectivity index (χ2v) is 4.96. The molecule has 3 N–H and O–H groups in total. The zero-order valence-electron chi connectivity index (χ0n) is 9.55. The van der Waals surface area contributed by atoms with Crippen LogP contribution in [0.2, 0.25) is 5.02 Å². The van der Waals surface area contributed by atoms with Crippen molar-refractivity contribution in [1.29, 1.82) is 5.26 Å². The van der Waals surface area contributed by atoms with Crippen LogP contribution in [0.5, 0.6) is 0 Å². The van der Waals surface area contributed by atoms with Crippen molar-refractivity contribution in [2.24, 2.45) is 0 Å². The Morgan fingerprint density at radius 1 is 1.26 bits per heavy atom. The van der Waals surface area contributed by atoms with E-state index in [9.17, 15) is 4.39 Å². The fourth-order valence-corrected chi connectivity index (χ4v) is 2.12. The molecular weight excluding hydrogens is 333 g/mol. The summed E-state index contributed by atoms with van der Waals surface area (Å²) in [6.07, 6.45) is 0. The van der Waals surface area contributed by atoms with Gasteiger partial charge in [-0.25, -0.2) is 4.39 Å². The Bertz CT molecular complexity index is 682. The molecule has 2 rings (SSSR count). The summed E-state index contributed by atoms with van der Waals surface area (Å²) >= 11 is 9.03. The summed E-state index contributed by atoms with van der Waals surface area (Å²) < 4.78 is 14.1. The maximum atomic E-state index is 14.0. The van der Waals surface area contributed by atoms with Gasteiger partial charge in [0.1, 0.15) is 6.07 Å². The van der Waals surface area contributed by atoms with Crippen molar-refractivity contribution in [3.8, 4) is 6.07 Å². The summed E-state index contributed by atoms with van der Waals surface area (Å²) in [5, 5.41) is 12.1. The summed E-state index contributed by atoms with van der Waals surface area (Å²) in [7, 11) is 0. The number of hydrogen-bond donors (Lipinski definition) is 2. The van der Waals surface area contributed by atoms with Gasteiger partial charge in [0.15, 0.2) is 5.82 Å². The minimum atomic E-state index is -0.558. The van der Waals surface area contributed by atoms with Gasteiger partial charge >= 0.3 is 0 Å². The lowest BCUT2D eigenvalue weighted by atomic mass is 10.2. The van der Waals surface area contributed by atoms with E-state index in [0.717, 1.165) is 0 Å². The Balaban J connectivity index is 2.42. The molecule has 0 aliphatic heterocycles. The van der Waals surface area contributed by atoms with Crippen LogP contribution in [0.4, 0.5) is 21.5 Å². The van der Waals surface area contributed by atoms with Crippen LogP contribution < -0.4 is 11.1 Å². The largest absolute Gasteiger partial charge is 0.399 e. The Kier molecular flexibility index (Phi) is 3.93. The molecule has 0 heterocycles. The van der Waals surface area contributed by atoms with Gasteiger partial charge in [0.2, 0.25) is 0 Å². The SMILES string of the molecule is N#Cc1ccc(Nc2cc(N)ccc2Cl)c(F)c1Br. The van der Waals surface area contributed by atoms with Crippen molar-refractivity contribution < 1.29 is 4.39 Å². The molecule has 0 atom stereocenters. The van der Waals surface area contributed by atoms with E-state index in [-0.39, 0.29) is 15.7 Å². The highest BCUT2D eigenvalue weighted by molar-refractivity contribution is 9.10. The van der Waals surface area contributed by atoms with E-state index in [1.807, 2.05) is 6.07 Å². The van der Waals surface area contributed by atoms with Gasteiger partial charge in [-0.3, -0.25) is 0 Å². The second kappa shape index (κ2) is 5.47. The zero-order valence-corrected chi connectivity index (χ0v) is 11.9. The molecule has 0 fully saturated rings. The zero-order chi connectivity index (χ0) is 14.0. The first-order chi connectivity index (χ1) is 9.02. The highest BCUT2D eigenvalue weighted by Crippen LogP contribution is 2.32. The first kappa shape index (κ1) is 13.7. The quantitative estimate of drug-likeness (QED) is 0.795. The van der Waals surface area contributed by atoms with E-state index < -0.39 is 5.82 Å². The summed E-state index contributed by atoms with van der Waals surface area (Å²) in [6.45, 7) is 0. The van der Waals surface area contributed by atoms with Crippen LogP contribution in [0, 0.1) is 17.1 Å². The maximum absolute atomic E-state index is 14.0. The van der Waals surface area contributed by atoms with E-state index in [1.165, 1.54) is 12.1 Å². The summed E-state index contributed by atoms with van der Waals surface area (Å²) in [4.78, 5) is 0. The van der Waals surface area contributed by atoms with Crippen molar-refractivity contribution in [3.05, 3.63) is 51.2 Å². The number of nitrogen functional groups attached to an aromatic ring is 1. The standard InChI is InChI=1S/C13H8BrClFN3/c14-12-7(6-17)1-4-10(13(12)16)19-11-5-8(18)2-3-9(11)15/h1-5,19H,18H2. The Hall–Kier alpha value is -1.77. The predicted molar refractivity (Wildman–Crippen MR) is 78.0 cm³/mol. The van der Waals surface area contributed by atoms with E-state index in [2.05, 4.69) is 21.2 Å². The number of hydrogen-bond acceptors (Lipinski definition) is 3. The Morgan fingerprint density at radius 3 is 2.68 bits per heavy atom. The third kappa shape index (κ3) is 2.80. The van der Waals surface area contributed by atoms with Crippen LogP contribution in [0.1, 0.15) is 5.56 Å². The molecule has 0 amide bonds. The highest BCUT2D eigenvalue weighted by Gasteiger charge is 2.12. The van der Waals surface area contributed by atoms with Gasteiger partial charge in [-0.15, -0.1) is 0 Å². The number of halogens is 3. The van der Waals surface area contributed by atoms with Gasteiger partial charge in [0.25, 0.3) is 0 Å². The van der Waals surface area contributed by atoms with Crippen LogP contribution in [-0.4, -0.2) is 0 Å². The van der Waals surface area contributed by atoms with Crippen molar-refractivity contribution in [2.75, 3.05) is 11.1 Å². The fourth-order valence-electron chi connectivity index (χ4n) is 1.52. The average molecular weight is 341 g/mol. The first-order valence-corrected chi connectivity index (χ1v) is 6.40. The van der Waals surface area contributed by atoms with Crippen LogP contribution in [0.25, 0.3) is 0 Å². The Morgan fingerprint density at radius 2 is 2.00 bits per heavy atom. The molecule has 3 nitrogen and oxygen atoms in total. The number of nitrogens with zero attached hydrogens (tertiary/aromatic N) is 1. The number of nitrogens with one attached hydrogen (secondary N) is 1. The number of nitriles is 1. The molecule has 96 valence electrons. The van der Waals surface area contributed by atoms with E-state index in [0.29, 0.717) is 16.4 Å². The van der Waals surface area contributed by atoms with Gasteiger partial charge in [-0.2, -0.15) is 5.26 Å². The molecule has 0 unspecified atom stereocenters. The minimum absolute atomic E-state index is 0.111. The third-order valence-corrected chi connectivity index (χ3v) is 3.57. The van der Waals surface area contributed by atoms with Crippen molar-refractivity contribution in [2.45, 2.75) is 0 Å². The summed E-state index contributed by atoms with van der Waals surface area (Å²) in [6, 6.07) is 9.74. The Labute approximate surface area is 122 Å². The molecule has 0 aliphatic carbocycles. The van der Waals surface area contributed by atoms with Crippen molar-refractivity contribution in [3.63, 3.8) is 0 Å². The fraction of sp³-hybridized carbons (Fsp3) is 0. The number of anilines is 3. The summed E-state index contributed by atoms with van der Waals surface area (Å²) in [5.41, 5.74) is 7.09. The lowest BCUT2D eigenvalue weighted by molar-refractivity contribution is 0.624. The van der Waals surface area contributed by atoms with Crippen molar-refractivity contribution >= 4 is 44.6 Å². The smallest absolute Gasteiger partial charge is 0.162 e. The van der Waals surface area contributed by atoms with Gasteiger partial charge in [-0.1, -0.05) is 11.6 Å².